The van der Waals surface area contributed by atoms with Crippen LogP contribution in [0.3, 0.4) is 0 Å². The molecule has 32 heavy (non-hydrogen) atoms. The SMILES string of the molecule is CC(C)C[C@H](NC(=O)C(O)C1CCCN1C(=O)OCc1ccccc1)C(=O)OC(C)(C)C. The molecule has 0 saturated carbocycles. The first-order valence-corrected chi connectivity index (χ1v) is 11.2. The molecule has 8 nitrogen and oxygen atoms in total. The Kier molecular flexibility index (Phi) is 9.07. The third kappa shape index (κ3) is 7.82. The lowest BCUT2D eigenvalue weighted by Gasteiger charge is -2.29. The van der Waals surface area contributed by atoms with E-state index < -0.39 is 41.8 Å². The van der Waals surface area contributed by atoms with Crippen LogP contribution in [0.25, 0.3) is 0 Å². The Labute approximate surface area is 190 Å². The number of ether oxygens (including phenoxy) is 2. The van der Waals surface area contributed by atoms with E-state index in [-0.39, 0.29) is 12.5 Å². The minimum absolute atomic E-state index is 0.111. The molecule has 1 aromatic carbocycles. The van der Waals surface area contributed by atoms with Gasteiger partial charge in [0.1, 0.15) is 18.2 Å². The number of benzene rings is 1. The van der Waals surface area contributed by atoms with Gasteiger partial charge in [0.25, 0.3) is 5.91 Å². The first-order valence-electron chi connectivity index (χ1n) is 11.2. The molecule has 1 aromatic rings. The summed E-state index contributed by atoms with van der Waals surface area (Å²) in [5.41, 5.74) is 0.157. The molecule has 1 fully saturated rings. The lowest BCUT2D eigenvalue weighted by atomic mass is 10.0. The van der Waals surface area contributed by atoms with Gasteiger partial charge in [-0.3, -0.25) is 4.79 Å². The molecule has 2 unspecified atom stereocenters. The number of nitrogens with zero attached hydrogens (tertiary/aromatic N) is 1. The number of hydrogen-bond acceptors (Lipinski definition) is 6. The summed E-state index contributed by atoms with van der Waals surface area (Å²) in [5.74, 6) is -1.12. The second-order valence-corrected chi connectivity index (χ2v) is 9.61. The van der Waals surface area contributed by atoms with Crippen LogP contribution in [0, 0.1) is 5.92 Å². The van der Waals surface area contributed by atoms with Crippen molar-refractivity contribution in [2.45, 2.75) is 84.3 Å². The van der Waals surface area contributed by atoms with Crippen LogP contribution in [-0.4, -0.2) is 58.3 Å². The fourth-order valence-corrected chi connectivity index (χ4v) is 3.64. The number of esters is 1. The van der Waals surface area contributed by atoms with Crippen LogP contribution >= 0.6 is 0 Å². The van der Waals surface area contributed by atoms with Crippen molar-refractivity contribution in [3.05, 3.63) is 35.9 Å². The second-order valence-electron chi connectivity index (χ2n) is 9.61. The van der Waals surface area contributed by atoms with E-state index in [1.165, 1.54) is 4.90 Å². The second kappa shape index (κ2) is 11.3. The molecular weight excluding hydrogens is 412 g/mol. The summed E-state index contributed by atoms with van der Waals surface area (Å²) < 4.78 is 10.8. The minimum Gasteiger partial charge on any atom is -0.458 e. The van der Waals surface area contributed by atoms with Gasteiger partial charge in [0.05, 0.1) is 6.04 Å². The zero-order valence-corrected chi connectivity index (χ0v) is 19.7. The van der Waals surface area contributed by atoms with E-state index in [1.807, 2.05) is 44.2 Å². The zero-order chi connectivity index (χ0) is 23.9. The molecule has 0 bridgehead atoms. The van der Waals surface area contributed by atoms with E-state index in [0.29, 0.717) is 25.8 Å². The van der Waals surface area contributed by atoms with Crippen molar-refractivity contribution in [3.63, 3.8) is 0 Å². The lowest BCUT2D eigenvalue weighted by molar-refractivity contribution is -0.160. The van der Waals surface area contributed by atoms with Crippen molar-refractivity contribution in [2.24, 2.45) is 5.92 Å². The van der Waals surface area contributed by atoms with Crippen molar-refractivity contribution in [1.82, 2.24) is 10.2 Å². The summed E-state index contributed by atoms with van der Waals surface area (Å²) in [6.07, 6.45) is -0.554. The molecule has 0 radical (unpaired) electrons. The fraction of sp³-hybridized carbons (Fsp3) is 0.625. The topological polar surface area (TPSA) is 105 Å². The number of carbonyl (C=O) groups excluding carboxylic acids is 3. The van der Waals surface area contributed by atoms with Crippen molar-refractivity contribution in [1.29, 1.82) is 0 Å². The molecule has 0 aromatic heterocycles. The highest BCUT2D eigenvalue weighted by atomic mass is 16.6. The monoisotopic (exact) mass is 448 g/mol. The molecule has 178 valence electrons. The number of likely N-dealkylation sites (tertiary alicyclic amines) is 1. The Morgan fingerprint density at radius 3 is 2.44 bits per heavy atom. The molecule has 0 spiro atoms. The maximum Gasteiger partial charge on any atom is 0.410 e. The summed E-state index contributed by atoms with van der Waals surface area (Å²) in [4.78, 5) is 39.3. The molecule has 8 heteroatoms. The molecule has 2 N–H and O–H groups in total. The van der Waals surface area contributed by atoms with Gasteiger partial charge < -0.3 is 24.8 Å². The average Bonchev–Trinajstić information content (AvgIpc) is 3.20. The van der Waals surface area contributed by atoms with Gasteiger partial charge in [0.2, 0.25) is 0 Å². The number of aliphatic hydroxyl groups is 1. The predicted molar refractivity (Wildman–Crippen MR) is 120 cm³/mol. The quantitative estimate of drug-likeness (QED) is 0.593. The highest BCUT2D eigenvalue weighted by molar-refractivity contribution is 5.88. The van der Waals surface area contributed by atoms with Crippen molar-refractivity contribution < 1.29 is 29.0 Å². The lowest BCUT2D eigenvalue weighted by Crippen LogP contribution is -2.54. The number of carbonyl (C=O) groups is 3. The summed E-state index contributed by atoms with van der Waals surface area (Å²) in [6, 6.07) is 7.70. The normalized spacial score (nSPS) is 18.2. The van der Waals surface area contributed by atoms with Gasteiger partial charge in [0, 0.05) is 6.54 Å². The van der Waals surface area contributed by atoms with Crippen LogP contribution in [0.15, 0.2) is 30.3 Å². The van der Waals surface area contributed by atoms with Gasteiger partial charge in [-0.25, -0.2) is 9.59 Å². The van der Waals surface area contributed by atoms with Gasteiger partial charge in [-0.2, -0.15) is 0 Å². The highest BCUT2D eigenvalue weighted by Crippen LogP contribution is 2.22. The van der Waals surface area contributed by atoms with E-state index in [2.05, 4.69) is 5.32 Å². The molecule has 1 heterocycles. The summed E-state index contributed by atoms with van der Waals surface area (Å²) in [5, 5.41) is 13.3. The standard InChI is InChI=1S/C24H36N2O6/c1-16(2)14-18(22(29)32-24(3,4)5)25-21(28)20(27)19-12-9-13-26(19)23(30)31-15-17-10-7-6-8-11-17/h6-8,10-11,16,18-20,27H,9,12-15H2,1-5H3,(H,25,28)/t18-,19?,20?/m0/s1. The Morgan fingerprint density at radius 1 is 1.19 bits per heavy atom. The Hall–Kier alpha value is -2.61. The summed E-state index contributed by atoms with van der Waals surface area (Å²) >= 11 is 0. The summed E-state index contributed by atoms with van der Waals surface area (Å²) in [6.45, 7) is 9.63. The van der Waals surface area contributed by atoms with Crippen LogP contribution < -0.4 is 5.32 Å². The number of hydrogen-bond donors (Lipinski definition) is 2. The highest BCUT2D eigenvalue weighted by Gasteiger charge is 2.39. The maximum atomic E-state index is 12.8. The Morgan fingerprint density at radius 2 is 1.84 bits per heavy atom. The molecule has 1 aliphatic heterocycles. The van der Waals surface area contributed by atoms with Crippen molar-refractivity contribution >= 4 is 18.0 Å². The fourth-order valence-electron chi connectivity index (χ4n) is 3.64. The molecule has 0 aliphatic carbocycles. The molecular formula is C24H36N2O6. The maximum absolute atomic E-state index is 12.8. The summed E-state index contributed by atoms with van der Waals surface area (Å²) in [7, 11) is 0. The first-order chi connectivity index (χ1) is 15.0. The first kappa shape index (κ1) is 25.6. The van der Waals surface area contributed by atoms with Crippen LogP contribution in [0.1, 0.15) is 59.4 Å². The third-order valence-corrected chi connectivity index (χ3v) is 5.09. The number of amides is 2. The average molecular weight is 449 g/mol. The zero-order valence-electron chi connectivity index (χ0n) is 19.7. The Bertz CT molecular complexity index is 774. The minimum atomic E-state index is -1.47. The largest absolute Gasteiger partial charge is 0.458 e. The molecule has 1 saturated heterocycles. The van der Waals surface area contributed by atoms with Crippen molar-refractivity contribution in [2.75, 3.05) is 6.54 Å². The van der Waals surface area contributed by atoms with E-state index >= 15 is 0 Å². The van der Waals surface area contributed by atoms with E-state index in [4.69, 9.17) is 9.47 Å². The molecule has 2 amide bonds. The van der Waals surface area contributed by atoms with Gasteiger partial charge in [-0.1, -0.05) is 44.2 Å². The molecule has 3 atom stereocenters. The van der Waals surface area contributed by atoms with E-state index in [9.17, 15) is 19.5 Å². The van der Waals surface area contributed by atoms with Gasteiger partial charge in [0.15, 0.2) is 6.10 Å². The molecule has 2 rings (SSSR count). The molecule has 1 aliphatic rings. The smallest absolute Gasteiger partial charge is 0.410 e. The van der Waals surface area contributed by atoms with Gasteiger partial charge >= 0.3 is 12.1 Å². The third-order valence-electron chi connectivity index (χ3n) is 5.09. The number of aliphatic hydroxyl groups excluding tert-OH is 1. The Balaban J connectivity index is 2.00. The van der Waals surface area contributed by atoms with Crippen LogP contribution in [0.2, 0.25) is 0 Å². The van der Waals surface area contributed by atoms with Gasteiger partial charge in [-0.05, 0) is 51.5 Å². The van der Waals surface area contributed by atoms with E-state index in [1.54, 1.807) is 20.8 Å². The predicted octanol–water partition coefficient (Wildman–Crippen LogP) is 3.02. The van der Waals surface area contributed by atoms with Crippen LogP contribution in [0.5, 0.6) is 0 Å². The van der Waals surface area contributed by atoms with Gasteiger partial charge in [-0.15, -0.1) is 0 Å². The number of rotatable bonds is 8. The number of nitrogens with one attached hydrogen (secondary N) is 1. The van der Waals surface area contributed by atoms with Crippen LogP contribution in [0.4, 0.5) is 4.79 Å². The van der Waals surface area contributed by atoms with Crippen LogP contribution in [-0.2, 0) is 25.7 Å². The van der Waals surface area contributed by atoms with E-state index in [0.717, 1.165) is 5.56 Å². The van der Waals surface area contributed by atoms with Crippen molar-refractivity contribution in [3.8, 4) is 0 Å².